The van der Waals surface area contributed by atoms with Gasteiger partial charge in [-0.2, -0.15) is 0 Å². The van der Waals surface area contributed by atoms with E-state index in [2.05, 4.69) is 0 Å². The Hall–Kier alpha value is -3.07. The first-order chi connectivity index (χ1) is 18.5. The van der Waals surface area contributed by atoms with E-state index in [4.69, 9.17) is 5.73 Å². The molecule has 0 bridgehead atoms. The second kappa shape index (κ2) is 8.96. The normalized spacial score (nSPS) is 37.1. The molecular weight excluding hydrogens is 510 g/mol. The fourth-order valence-electron chi connectivity index (χ4n) is 8.71. The van der Waals surface area contributed by atoms with Crippen LogP contribution >= 0.6 is 0 Å². The summed E-state index contributed by atoms with van der Waals surface area (Å²) < 4.78 is 0. The third-order valence-corrected chi connectivity index (χ3v) is 10.5. The van der Waals surface area contributed by atoms with Gasteiger partial charge in [0.2, 0.25) is 5.91 Å². The Morgan fingerprint density at radius 3 is 2.27 bits per heavy atom. The third kappa shape index (κ3) is 3.52. The average Bonchev–Trinajstić information content (AvgIpc) is 2.83. The summed E-state index contributed by atoms with van der Waals surface area (Å²) in [5.41, 5.74) is 5.28. The van der Waals surface area contributed by atoms with Crippen molar-refractivity contribution in [2.45, 2.75) is 72.2 Å². The third-order valence-electron chi connectivity index (χ3n) is 10.5. The van der Waals surface area contributed by atoms with Crippen LogP contribution in [0.3, 0.4) is 0 Å². The van der Waals surface area contributed by atoms with Crippen LogP contribution in [0.15, 0.2) is 30.3 Å². The van der Waals surface area contributed by atoms with E-state index in [0.717, 1.165) is 22.3 Å². The lowest BCUT2D eigenvalue weighted by Gasteiger charge is -2.66. The molecule has 0 spiro atoms. The molecule has 0 heterocycles. The minimum atomic E-state index is -2.51. The number of primary amides is 1. The Balaban J connectivity index is 1.73. The van der Waals surface area contributed by atoms with E-state index in [1.807, 2.05) is 52.8 Å². The number of carbonyl (C=O) groups excluding carboxylic acids is 3. The first-order valence-electron chi connectivity index (χ1n) is 13.9. The topological polar surface area (TPSA) is 158 Å². The summed E-state index contributed by atoms with van der Waals surface area (Å²) in [6.45, 7) is 11.2. The summed E-state index contributed by atoms with van der Waals surface area (Å²) in [4.78, 5) is 40.4. The molecule has 0 saturated heterocycles. The van der Waals surface area contributed by atoms with Crippen molar-refractivity contribution in [3.63, 3.8) is 0 Å². The smallest absolute Gasteiger partial charge is 0.230 e. The van der Waals surface area contributed by atoms with E-state index < -0.39 is 63.9 Å². The molecule has 8 atom stereocenters. The summed E-state index contributed by atoms with van der Waals surface area (Å²) in [5, 5.41) is 46.3. The van der Waals surface area contributed by atoms with Gasteiger partial charge in [-0.3, -0.25) is 14.4 Å². The number of rotatable bonds is 3. The van der Waals surface area contributed by atoms with Gasteiger partial charge in [-0.25, -0.2) is 0 Å². The Morgan fingerprint density at radius 2 is 1.70 bits per heavy atom. The zero-order chi connectivity index (χ0) is 29.7. The lowest BCUT2D eigenvalue weighted by molar-refractivity contribution is -0.265. The molecule has 3 unspecified atom stereocenters. The molecule has 8 nitrogen and oxygen atoms in total. The molecule has 0 radical (unpaired) electrons. The highest BCUT2D eigenvalue weighted by atomic mass is 16.4. The first kappa shape index (κ1) is 28.5. The van der Waals surface area contributed by atoms with Crippen LogP contribution in [-0.2, 0) is 16.0 Å². The summed E-state index contributed by atoms with van der Waals surface area (Å²) in [5.74, 6) is -6.98. The van der Waals surface area contributed by atoms with Crippen LogP contribution < -0.4 is 5.73 Å². The number of aryl methyl sites for hydroxylation is 2. The number of phenolic OH excluding ortho intramolecular Hbond substituents is 1. The zero-order valence-corrected chi connectivity index (χ0v) is 23.9. The van der Waals surface area contributed by atoms with Gasteiger partial charge in [0.05, 0.1) is 17.6 Å². The fraction of sp³-hybridized carbons (Fsp3) is 0.531. The van der Waals surface area contributed by atoms with Gasteiger partial charge in [0, 0.05) is 5.41 Å². The largest absolute Gasteiger partial charge is 0.507 e. The molecule has 2 fully saturated rings. The van der Waals surface area contributed by atoms with Crippen molar-refractivity contribution in [1.29, 1.82) is 0 Å². The quantitative estimate of drug-likeness (QED) is 0.368. The number of ketones is 2. The van der Waals surface area contributed by atoms with Gasteiger partial charge < -0.3 is 26.2 Å². The highest BCUT2D eigenvalue weighted by Crippen LogP contribution is 2.66. The number of Topliss-reactive ketones (excluding diaryl/α,β-unsaturated/α-hetero) is 2. The Morgan fingerprint density at radius 1 is 1.05 bits per heavy atom. The molecule has 3 aliphatic rings. The summed E-state index contributed by atoms with van der Waals surface area (Å²) >= 11 is 0. The highest BCUT2D eigenvalue weighted by Gasteiger charge is 2.75. The Kier molecular flexibility index (Phi) is 6.38. The maximum absolute atomic E-state index is 14.2. The molecule has 8 heteroatoms. The number of phenols is 1. The number of nitrogens with two attached hydrogens (primary N) is 1. The number of carbonyl (C=O) groups is 3. The van der Waals surface area contributed by atoms with E-state index in [9.17, 15) is 34.8 Å². The number of benzene rings is 2. The van der Waals surface area contributed by atoms with Crippen LogP contribution in [0.2, 0.25) is 0 Å². The van der Waals surface area contributed by atoms with Gasteiger partial charge in [-0.15, -0.1) is 0 Å². The first-order valence-corrected chi connectivity index (χ1v) is 13.9. The molecule has 2 aromatic rings. The fourth-order valence-corrected chi connectivity index (χ4v) is 8.71. The minimum Gasteiger partial charge on any atom is -0.507 e. The van der Waals surface area contributed by atoms with Crippen molar-refractivity contribution in [3.8, 4) is 16.9 Å². The van der Waals surface area contributed by atoms with Crippen LogP contribution in [0.5, 0.6) is 5.75 Å². The number of amides is 1. The van der Waals surface area contributed by atoms with Gasteiger partial charge in [0.25, 0.3) is 0 Å². The molecule has 1 amide bonds. The summed E-state index contributed by atoms with van der Waals surface area (Å²) in [6, 6.07) is 9.25. The highest BCUT2D eigenvalue weighted by molar-refractivity contribution is 6.09. The zero-order valence-electron chi connectivity index (χ0n) is 23.9. The van der Waals surface area contributed by atoms with Gasteiger partial charge in [0.1, 0.15) is 17.8 Å². The molecule has 214 valence electrons. The van der Waals surface area contributed by atoms with E-state index in [-0.39, 0.29) is 30.1 Å². The van der Waals surface area contributed by atoms with E-state index in [1.54, 1.807) is 13.0 Å². The summed E-state index contributed by atoms with van der Waals surface area (Å²) in [6.07, 6.45) is -2.94. The molecular formula is C32H39NO7. The second-order valence-corrected chi connectivity index (χ2v) is 13.3. The number of aliphatic hydroxyl groups excluding tert-OH is 2. The van der Waals surface area contributed by atoms with E-state index in [0.29, 0.717) is 5.56 Å². The van der Waals surface area contributed by atoms with Gasteiger partial charge in [0.15, 0.2) is 17.2 Å². The van der Waals surface area contributed by atoms with E-state index in [1.165, 1.54) is 6.07 Å². The van der Waals surface area contributed by atoms with Crippen LogP contribution in [0.25, 0.3) is 11.1 Å². The molecule has 2 aromatic carbocycles. The molecule has 40 heavy (non-hydrogen) atoms. The number of fused-ring (bicyclic) bond motifs is 3. The molecule has 5 rings (SSSR count). The maximum Gasteiger partial charge on any atom is 0.230 e. The van der Waals surface area contributed by atoms with Crippen LogP contribution in [0.1, 0.15) is 61.2 Å². The minimum absolute atomic E-state index is 0.0691. The predicted molar refractivity (Wildman–Crippen MR) is 148 cm³/mol. The number of hydrogen-bond acceptors (Lipinski definition) is 7. The van der Waals surface area contributed by atoms with Gasteiger partial charge in [-0.1, -0.05) is 52.0 Å². The van der Waals surface area contributed by atoms with Gasteiger partial charge in [-0.05, 0) is 77.8 Å². The second-order valence-electron chi connectivity index (χ2n) is 13.3. The molecule has 0 aromatic heterocycles. The maximum atomic E-state index is 14.2. The van der Waals surface area contributed by atoms with Crippen molar-refractivity contribution < 1.29 is 34.8 Å². The Labute approximate surface area is 234 Å². The van der Waals surface area contributed by atoms with Crippen LogP contribution in [0, 0.1) is 48.3 Å². The molecule has 6 N–H and O–H groups in total. The number of aromatic hydroxyl groups is 1. The van der Waals surface area contributed by atoms with Gasteiger partial charge >= 0.3 is 0 Å². The van der Waals surface area contributed by atoms with Crippen molar-refractivity contribution in [3.05, 3.63) is 52.6 Å². The van der Waals surface area contributed by atoms with Crippen molar-refractivity contribution >= 4 is 17.5 Å². The lowest BCUT2D eigenvalue weighted by atomic mass is 9.39. The standard InChI is InChI=1S/C32H39NO7/c1-14(2)23-26(36)22(29(33)39)27(37)32(40)28(38)24-25(35)21-19(12-30(24,5)13-31(23,32)6)18(9-10-20(21)34)17-8-7-15(3)16(4)11-17/h7-11,14,22-24,26,28,34,36,38,40H,12-13H2,1-6H3,(H2,33,39)/t22-,23+,24?,26?,28?,30-,31-,32+/m1/s1. The molecule has 0 aliphatic heterocycles. The summed E-state index contributed by atoms with van der Waals surface area (Å²) in [7, 11) is 0. The lowest BCUT2D eigenvalue weighted by Crippen LogP contribution is -2.79. The SMILES string of the molecule is Cc1ccc(-c2ccc(O)c3c2C[C@]2(C)C[C@]4(C)[C@@H](C(C)C)C(O)[C@@H](C(N)=O)C(=O)[C@]4(O)C(O)C2C3=O)cc1C. The van der Waals surface area contributed by atoms with Crippen molar-refractivity contribution in [2.24, 2.45) is 40.2 Å². The predicted octanol–water partition coefficient (Wildman–Crippen LogP) is 2.86. The Bertz CT molecular complexity index is 1450. The van der Waals surface area contributed by atoms with Crippen molar-refractivity contribution in [2.75, 3.05) is 0 Å². The number of aliphatic hydroxyl groups is 3. The van der Waals surface area contributed by atoms with Crippen LogP contribution in [0.4, 0.5) is 0 Å². The van der Waals surface area contributed by atoms with Crippen LogP contribution in [-0.4, -0.2) is 55.7 Å². The molecule has 2 saturated carbocycles. The molecule has 3 aliphatic carbocycles. The van der Waals surface area contributed by atoms with E-state index >= 15 is 0 Å². The monoisotopic (exact) mass is 549 g/mol. The average molecular weight is 550 g/mol. The van der Waals surface area contributed by atoms with Crippen molar-refractivity contribution in [1.82, 2.24) is 0 Å². The number of hydrogen-bond donors (Lipinski definition) is 5.